The van der Waals surface area contributed by atoms with E-state index in [4.69, 9.17) is 4.74 Å². The predicted octanol–water partition coefficient (Wildman–Crippen LogP) is 1.24. The molecule has 0 radical (unpaired) electrons. The van der Waals surface area contributed by atoms with E-state index in [1.54, 1.807) is 40.1 Å². The van der Waals surface area contributed by atoms with Gasteiger partial charge >= 0.3 is 5.97 Å². The number of carbonyl (C=O) groups is 2. The highest BCUT2D eigenvalue weighted by Crippen LogP contribution is 2.16. The van der Waals surface area contributed by atoms with E-state index in [0.29, 0.717) is 0 Å². The Morgan fingerprint density at radius 3 is 2.24 bits per heavy atom. The molecule has 1 aromatic rings. The van der Waals surface area contributed by atoms with Crippen LogP contribution in [0.25, 0.3) is 0 Å². The average molecular weight is 370 g/mol. The topological polar surface area (TPSA) is 92.8 Å². The number of amides is 1. The van der Waals surface area contributed by atoms with E-state index >= 15 is 0 Å². The Labute approximate surface area is 149 Å². The first kappa shape index (κ1) is 21.1. The average Bonchev–Trinajstić information content (AvgIpc) is 2.52. The first-order valence-electron chi connectivity index (χ1n) is 7.92. The molecule has 0 heterocycles. The fraction of sp³-hybridized carbons (Fsp3) is 0.529. The largest absolute Gasteiger partial charge is 0.454 e. The zero-order chi connectivity index (χ0) is 19.4. The highest BCUT2D eigenvalue weighted by molar-refractivity contribution is 7.89. The van der Waals surface area contributed by atoms with E-state index in [0.717, 1.165) is 11.1 Å². The molecule has 1 N–H and O–H groups in total. The number of hydrogen-bond acceptors (Lipinski definition) is 5. The van der Waals surface area contributed by atoms with E-state index in [2.05, 4.69) is 4.72 Å². The molecular weight excluding hydrogens is 344 g/mol. The highest BCUT2D eigenvalue weighted by Gasteiger charge is 2.30. The predicted molar refractivity (Wildman–Crippen MR) is 94.5 cm³/mol. The molecule has 0 spiro atoms. The lowest BCUT2D eigenvalue weighted by Crippen LogP contribution is -2.46. The van der Waals surface area contributed by atoms with Crippen molar-refractivity contribution >= 4 is 21.9 Å². The van der Waals surface area contributed by atoms with Gasteiger partial charge in [-0.25, -0.2) is 8.42 Å². The number of rotatable bonds is 7. The molecule has 0 aliphatic rings. The molecule has 0 aliphatic heterocycles. The third kappa shape index (κ3) is 5.82. The van der Waals surface area contributed by atoms with Gasteiger partial charge in [-0.2, -0.15) is 4.72 Å². The van der Waals surface area contributed by atoms with Crippen LogP contribution in [0.1, 0.15) is 25.0 Å². The Kier molecular flexibility index (Phi) is 7.13. The smallest absolute Gasteiger partial charge is 0.324 e. The Morgan fingerprint density at radius 1 is 1.16 bits per heavy atom. The monoisotopic (exact) mass is 370 g/mol. The van der Waals surface area contributed by atoms with Crippen LogP contribution in [0.5, 0.6) is 0 Å². The van der Waals surface area contributed by atoms with Crippen molar-refractivity contribution in [2.24, 2.45) is 5.92 Å². The minimum Gasteiger partial charge on any atom is -0.454 e. The van der Waals surface area contributed by atoms with Crippen LogP contribution in [0.4, 0.5) is 0 Å². The molecular formula is C17H26N2O5S. The van der Waals surface area contributed by atoms with Crippen molar-refractivity contribution in [3.8, 4) is 0 Å². The maximum Gasteiger partial charge on any atom is 0.324 e. The fourth-order valence-corrected chi connectivity index (χ4v) is 3.34. The van der Waals surface area contributed by atoms with Crippen molar-refractivity contribution in [1.82, 2.24) is 9.62 Å². The molecule has 0 saturated heterocycles. The van der Waals surface area contributed by atoms with Crippen LogP contribution < -0.4 is 4.72 Å². The molecule has 7 nitrogen and oxygen atoms in total. The second kappa shape index (κ2) is 8.44. The SMILES string of the molecule is Cc1ccc(S(=O)(=O)N[C@@H](C(=O)OCC(=O)N(C)C)C(C)C)cc1C. The summed E-state index contributed by atoms with van der Waals surface area (Å²) < 4.78 is 32.5. The number of nitrogens with one attached hydrogen (secondary N) is 1. The summed E-state index contributed by atoms with van der Waals surface area (Å²) in [5.74, 6) is -1.51. The zero-order valence-electron chi connectivity index (χ0n) is 15.5. The number of nitrogens with zero attached hydrogens (tertiary/aromatic N) is 1. The highest BCUT2D eigenvalue weighted by atomic mass is 32.2. The number of benzene rings is 1. The molecule has 1 amide bonds. The summed E-state index contributed by atoms with van der Waals surface area (Å²) in [4.78, 5) is 25.1. The number of ether oxygens (including phenoxy) is 1. The first-order valence-corrected chi connectivity index (χ1v) is 9.40. The summed E-state index contributed by atoms with van der Waals surface area (Å²) in [6, 6.07) is 3.67. The lowest BCUT2D eigenvalue weighted by atomic mass is 10.1. The third-order valence-electron chi connectivity index (χ3n) is 3.83. The number of esters is 1. The van der Waals surface area contributed by atoms with Crippen molar-refractivity contribution in [3.63, 3.8) is 0 Å². The van der Waals surface area contributed by atoms with Crippen LogP contribution in [0, 0.1) is 19.8 Å². The lowest BCUT2D eigenvalue weighted by molar-refractivity contribution is -0.153. The van der Waals surface area contributed by atoms with Crippen LogP contribution >= 0.6 is 0 Å². The Bertz CT molecular complexity index is 741. The molecule has 1 atom stereocenters. The minimum atomic E-state index is -3.89. The van der Waals surface area contributed by atoms with Gasteiger partial charge in [0.15, 0.2) is 6.61 Å². The Morgan fingerprint density at radius 2 is 1.76 bits per heavy atom. The van der Waals surface area contributed by atoms with Gasteiger partial charge < -0.3 is 9.64 Å². The van der Waals surface area contributed by atoms with E-state index in [1.807, 2.05) is 13.8 Å². The summed E-state index contributed by atoms with van der Waals surface area (Å²) in [6.45, 7) is 6.66. The van der Waals surface area contributed by atoms with E-state index in [1.165, 1.54) is 11.0 Å². The molecule has 0 fully saturated rings. The van der Waals surface area contributed by atoms with E-state index in [9.17, 15) is 18.0 Å². The second-order valence-electron chi connectivity index (χ2n) is 6.48. The van der Waals surface area contributed by atoms with Crippen molar-refractivity contribution in [3.05, 3.63) is 29.3 Å². The molecule has 0 aromatic heterocycles. The molecule has 0 saturated carbocycles. The van der Waals surface area contributed by atoms with Crippen LogP contribution in [0.3, 0.4) is 0 Å². The number of hydrogen-bond donors (Lipinski definition) is 1. The summed E-state index contributed by atoms with van der Waals surface area (Å²) in [7, 11) is -0.809. The maximum atomic E-state index is 12.6. The van der Waals surface area contributed by atoms with Crippen molar-refractivity contribution < 1.29 is 22.7 Å². The Balaban J connectivity index is 2.94. The van der Waals surface area contributed by atoms with Crippen LogP contribution in [0.2, 0.25) is 0 Å². The minimum absolute atomic E-state index is 0.0819. The summed E-state index contributed by atoms with van der Waals surface area (Å²) >= 11 is 0. The maximum absolute atomic E-state index is 12.6. The van der Waals surface area contributed by atoms with Crippen LogP contribution in [-0.4, -0.2) is 51.9 Å². The normalized spacial score (nSPS) is 12.8. The van der Waals surface area contributed by atoms with Gasteiger partial charge in [0, 0.05) is 14.1 Å². The lowest BCUT2D eigenvalue weighted by Gasteiger charge is -2.21. The number of aryl methyl sites for hydroxylation is 2. The fourth-order valence-electron chi connectivity index (χ4n) is 1.92. The number of sulfonamides is 1. The van der Waals surface area contributed by atoms with Crippen LogP contribution in [0.15, 0.2) is 23.1 Å². The number of carbonyl (C=O) groups excluding carboxylic acids is 2. The second-order valence-corrected chi connectivity index (χ2v) is 8.20. The van der Waals surface area contributed by atoms with Gasteiger partial charge in [-0.15, -0.1) is 0 Å². The standard InChI is InChI=1S/C17H26N2O5S/c1-11(2)16(17(21)24-10-15(20)19(5)6)18-25(22,23)14-8-7-12(3)13(4)9-14/h7-9,11,16,18H,10H2,1-6H3/t16-/m1/s1. The van der Waals surface area contributed by atoms with Crippen molar-refractivity contribution in [1.29, 1.82) is 0 Å². The van der Waals surface area contributed by atoms with Gasteiger partial charge in [0.2, 0.25) is 10.0 Å². The molecule has 1 rings (SSSR count). The van der Waals surface area contributed by atoms with Gasteiger partial charge in [0.05, 0.1) is 4.90 Å². The summed E-state index contributed by atoms with van der Waals surface area (Å²) in [5.41, 5.74) is 1.81. The third-order valence-corrected chi connectivity index (χ3v) is 5.27. The van der Waals surface area contributed by atoms with Crippen LogP contribution in [-0.2, 0) is 24.3 Å². The molecule has 0 bridgehead atoms. The summed E-state index contributed by atoms with van der Waals surface area (Å²) in [6.07, 6.45) is 0. The van der Waals surface area contributed by atoms with Gasteiger partial charge in [-0.3, -0.25) is 9.59 Å². The van der Waals surface area contributed by atoms with Gasteiger partial charge in [-0.05, 0) is 43.0 Å². The van der Waals surface area contributed by atoms with Crippen molar-refractivity contribution in [2.75, 3.05) is 20.7 Å². The molecule has 0 aliphatic carbocycles. The molecule has 25 heavy (non-hydrogen) atoms. The quantitative estimate of drug-likeness (QED) is 0.729. The van der Waals surface area contributed by atoms with Gasteiger partial charge in [0.25, 0.3) is 5.91 Å². The van der Waals surface area contributed by atoms with Crippen molar-refractivity contribution in [2.45, 2.75) is 38.6 Å². The first-order chi connectivity index (χ1) is 11.5. The molecule has 8 heteroatoms. The molecule has 0 unspecified atom stereocenters. The van der Waals surface area contributed by atoms with Gasteiger partial charge in [-0.1, -0.05) is 19.9 Å². The van der Waals surface area contributed by atoms with E-state index in [-0.39, 0.29) is 16.7 Å². The van der Waals surface area contributed by atoms with E-state index < -0.39 is 28.6 Å². The molecule has 1 aromatic carbocycles. The zero-order valence-corrected chi connectivity index (χ0v) is 16.3. The number of likely N-dealkylation sites (N-methyl/N-ethyl adjacent to an activating group) is 1. The Hall–Kier alpha value is -1.93. The molecule has 140 valence electrons. The van der Waals surface area contributed by atoms with Gasteiger partial charge in [0.1, 0.15) is 6.04 Å². The summed E-state index contributed by atoms with van der Waals surface area (Å²) in [5, 5.41) is 0.